The molecule has 0 saturated carbocycles. The van der Waals surface area contributed by atoms with Crippen LogP contribution in [0.25, 0.3) is 0 Å². The van der Waals surface area contributed by atoms with Gasteiger partial charge in [0.1, 0.15) is 0 Å². The van der Waals surface area contributed by atoms with Crippen LogP contribution in [0.3, 0.4) is 0 Å². The Bertz CT molecular complexity index is 433. The minimum atomic E-state index is -1.02. The van der Waals surface area contributed by atoms with Crippen molar-refractivity contribution in [2.24, 2.45) is 5.73 Å². The Morgan fingerprint density at radius 3 is 2.62 bits per heavy atom. The molecule has 1 unspecified atom stereocenters. The van der Waals surface area contributed by atoms with Gasteiger partial charge < -0.3 is 21.1 Å². The van der Waals surface area contributed by atoms with Gasteiger partial charge in [0, 0.05) is 6.04 Å². The monoisotopic (exact) mass is 289 g/mol. The number of halogens is 1. The molecule has 1 atom stereocenters. The summed E-state index contributed by atoms with van der Waals surface area (Å²) in [6.07, 6.45) is -0.246. The molecule has 6 heteroatoms. The molecule has 1 aromatic carbocycles. The summed E-state index contributed by atoms with van der Waals surface area (Å²) in [6.45, 7) is 1.68. The van der Waals surface area contributed by atoms with Crippen LogP contribution < -0.4 is 5.73 Å². The Morgan fingerprint density at radius 2 is 2.12 bits per heavy atom. The van der Waals surface area contributed by atoms with Gasteiger partial charge in [0.05, 0.1) is 10.9 Å². The van der Waals surface area contributed by atoms with E-state index in [0.717, 1.165) is 0 Å². The highest BCUT2D eigenvalue weighted by Crippen LogP contribution is 2.40. The second kappa shape index (κ2) is 4.71. The number of carboxylic acid groups (broad SMARTS) is 1. The van der Waals surface area contributed by atoms with Crippen LogP contribution in [0.4, 0.5) is 0 Å². The number of aryl methyl sites for hydroxylation is 1. The zero-order valence-corrected chi connectivity index (χ0v) is 10.2. The van der Waals surface area contributed by atoms with Gasteiger partial charge in [-0.05, 0) is 40.0 Å². The van der Waals surface area contributed by atoms with Crippen molar-refractivity contribution in [1.82, 2.24) is 0 Å². The van der Waals surface area contributed by atoms with E-state index in [1.807, 2.05) is 0 Å². The molecule has 5 N–H and O–H groups in total. The average molecular weight is 290 g/mol. The molecule has 0 saturated heterocycles. The zero-order valence-electron chi connectivity index (χ0n) is 8.57. The fourth-order valence-electron chi connectivity index (χ4n) is 1.51. The largest absolute Gasteiger partial charge is 0.504 e. The summed E-state index contributed by atoms with van der Waals surface area (Å²) in [7, 11) is 0. The van der Waals surface area contributed by atoms with Crippen molar-refractivity contribution < 1.29 is 20.1 Å². The smallest absolute Gasteiger partial charge is 0.305 e. The van der Waals surface area contributed by atoms with Gasteiger partial charge in [-0.1, -0.05) is 0 Å². The molecule has 16 heavy (non-hydrogen) atoms. The molecule has 0 spiro atoms. The quantitative estimate of drug-likeness (QED) is 0.634. The van der Waals surface area contributed by atoms with Gasteiger partial charge in [-0.25, -0.2) is 0 Å². The molecule has 5 nitrogen and oxygen atoms in total. The van der Waals surface area contributed by atoms with Gasteiger partial charge in [-0.15, -0.1) is 0 Å². The number of hydrogen-bond acceptors (Lipinski definition) is 4. The third kappa shape index (κ3) is 2.45. The zero-order chi connectivity index (χ0) is 12.5. The fourth-order valence-corrected chi connectivity index (χ4v) is 2.32. The molecular formula is C10H12BrNO4. The van der Waals surface area contributed by atoms with Crippen molar-refractivity contribution in [3.8, 4) is 11.5 Å². The second-order valence-corrected chi connectivity index (χ2v) is 4.29. The van der Waals surface area contributed by atoms with Crippen molar-refractivity contribution in [3.63, 3.8) is 0 Å². The van der Waals surface area contributed by atoms with Gasteiger partial charge in [0.15, 0.2) is 11.5 Å². The summed E-state index contributed by atoms with van der Waals surface area (Å²) >= 11 is 3.09. The normalized spacial score (nSPS) is 12.4. The van der Waals surface area contributed by atoms with E-state index in [-0.39, 0.29) is 22.4 Å². The van der Waals surface area contributed by atoms with Crippen LogP contribution >= 0.6 is 15.9 Å². The lowest BCUT2D eigenvalue weighted by Gasteiger charge is -2.16. The van der Waals surface area contributed by atoms with Crippen molar-refractivity contribution in [1.29, 1.82) is 0 Å². The summed E-state index contributed by atoms with van der Waals surface area (Å²) in [6, 6.07) is 0.607. The molecule has 0 bridgehead atoms. The van der Waals surface area contributed by atoms with Gasteiger partial charge in [0.25, 0.3) is 0 Å². The Balaban J connectivity index is 3.23. The van der Waals surface area contributed by atoms with Crippen LogP contribution in [0.5, 0.6) is 11.5 Å². The van der Waals surface area contributed by atoms with E-state index in [0.29, 0.717) is 11.1 Å². The Morgan fingerprint density at radius 1 is 1.56 bits per heavy atom. The average Bonchev–Trinajstić information content (AvgIpc) is 2.13. The summed E-state index contributed by atoms with van der Waals surface area (Å²) in [5.41, 5.74) is 6.82. The van der Waals surface area contributed by atoms with Crippen LogP contribution in [0.15, 0.2) is 10.5 Å². The predicted molar refractivity (Wildman–Crippen MR) is 61.4 cm³/mol. The molecular weight excluding hydrogens is 278 g/mol. The molecule has 88 valence electrons. The van der Waals surface area contributed by atoms with E-state index in [4.69, 9.17) is 10.8 Å². The first-order valence-electron chi connectivity index (χ1n) is 4.53. The van der Waals surface area contributed by atoms with Crippen molar-refractivity contribution in [3.05, 3.63) is 21.7 Å². The maximum absolute atomic E-state index is 10.6. The number of phenols is 2. The number of hydrogen-bond donors (Lipinski definition) is 4. The van der Waals surface area contributed by atoms with Crippen molar-refractivity contribution >= 4 is 21.9 Å². The number of aliphatic carboxylic acids is 1. The van der Waals surface area contributed by atoms with E-state index >= 15 is 0 Å². The molecule has 1 rings (SSSR count). The predicted octanol–water partition coefficient (Wildman–Crippen LogP) is 1.64. The molecule has 0 amide bonds. The first kappa shape index (κ1) is 12.8. The SMILES string of the molecule is Cc1cc(O)c(O)c(Br)c1C(N)CC(=O)O. The summed E-state index contributed by atoms with van der Waals surface area (Å²) in [5, 5.41) is 27.5. The number of carbonyl (C=O) groups is 1. The standard InChI is InChI=1S/C10H12BrNO4/c1-4-2-6(13)10(16)9(11)8(4)5(12)3-7(14)15/h2,5,13,16H,3,12H2,1H3,(H,14,15). The Hall–Kier alpha value is -1.27. The first-order chi connectivity index (χ1) is 7.34. The maximum atomic E-state index is 10.6. The van der Waals surface area contributed by atoms with Crippen molar-refractivity contribution in [2.75, 3.05) is 0 Å². The highest BCUT2D eigenvalue weighted by molar-refractivity contribution is 9.10. The van der Waals surface area contributed by atoms with Gasteiger partial charge >= 0.3 is 5.97 Å². The highest BCUT2D eigenvalue weighted by Gasteiger charge is 2.20. The minimum absolute atomic E-state index is 0.235. The number of phenolic OH excluding ortho intramolecular Hbond substituents is 2. The van der Waals surface area contributed by atoms with Crippen LogP contribution in [-0.4, -0.2) is 21.3 Å². The van der Waals surface area contributed by atoms with Crippen LogP contribution in [-0.2, 0) is 4.79 Å². The molecule has 0 radical (unpaired) electrons. The lowest BCUT2D eigenvalue weighted by Crippen LogP contribution is -2.16. The summed E-state index contributed by atoms with van der Waals surface area (Å²) < 4.78 is 0.235. The van der Waals surface area contributed by atoms with Gasteiger partial charge in [-0.2, -0.15) is 0 Å². The summed E-state index contributed by atoms with van der Waals surface area (Å²) in [5.74, 6) is -1.62. The van der Waals surface area contributed by atoms with E-state index in [1.54, 1.807) is 6.92 Å². The maximum Gasteiger partial charge on any atom is 0.305 e. The number of carboxylic acids is 1. The number of aromatic hydroxyl groups is 2. The third-order valence-electron chi connectivity index (χ3n) is 2.23. The van der Waals surface area contributed by atoms with E-state index in [1.165, 1.54) is 6.07 Å². The molecule has 0 aliphatic heterocycles. The fraction of sp³-hybridized carbons (Fsp3) is 0.300. The molecule has 0 aromatic heterocycles. The lowest BCUT2D eigenvalue weighted by atomic mass is 9.99. The first-order valence-corrected chi connectivity index (χ1v) is 5.32. The topological polar surface area (TPSA) is 104 Å². The second-order valence-electron chi connectivity index (χ2n) is 3.49. The van der Waals surface area contributed by atoms with Crippen LogP contribution in [0.2, 0.25) is 0 Å². The van der Waals surface area contributed by atoms with Crippen molar-refractivity contribution in [2.45, 2.75) is 19.4 Å². The third-order valence-corrected chi connectivity index (χ3v) is 3.03. The molecule has 0 heterocycles. The highest BCUT2D eigenvalue weighted by atomic mass is 79.9. The molecule has 0 fully saturated rings. The number of rotatable bonds is 3. The van der Waals surface area contributed by atoms with E-state index < -0.39 is 12.0 Å². The molecule has 0 aliphatic rings. The summed E-state index contributed by atoms with van der Waals surface area (Å²) in [4.78, 5) is 10.6. The Kier molecular flexibility index (Phi) is 3.77. The Labute approximate surface area is 101 Å². The number of benzene rings is 1. The molecule has 0 aliphatic carbocycles. The van der Waals surface area contributed by atoms with E-state index in [2.05, 4.69) is 15.9 Å². The number of nitrogens with two attached hydrogens (primary N) is 1. The molecule has 1 aromatic rings. The van der Waals surface area contributed by atoms with Gasteiger partial charge in [-0.3, -0.25) is 4.79 Å². The lowest BCUT2D eigenvalue weighted by molar-refractivity contribution is -0.137. The minimum Gasteiger partial charge on any atom is -0.504 e. The van der Waals surface area contributed by atoms with Gasteiger partial charge in [0.2, 0.25) is 0 Å². The van der Waals surface area contributed by atoms with Crippen LogP contribution in [0.1, 0.15) is 23.6 Å². The van der Waals surface area contributed by atoms with Crippen LogP contribution in [0, 0.1) is 6.92 Å². The van der Waals surface area contributed by atoms with E-state index in [9.17, 15) is 15.0 Å².